The van der Waals surface area contributed by atoms with Gasteiger partial charge in [0.2, 0.25) is 11.8 Å². The van der Waals surface area contributed by atoms with E-state index in [1.807, 2.05) is 13.0 Å². The summed E-state index contributed by atoms with van der Waals surface area (Å²) in [6.45, 7) is 16.2. The lowest BCUT2D eigenvalue weighted by molar-refractivity contribution is -0.146. The molecule has 206 valence electrons. The Balaban J connectivity index is 3.50. The molecule has 0 fully saturated rings. The van der Waals surface area contributed by atoms with Crippen molar-refractivity contribution in [2.24, 2.45) is 5.92 Å². The fraction of sp³-hybridized carbons (Fsp3) is 0.571. The van der Waals surface area contributed by atoms with Gasteiger partial charge in [-0.15, -0.1) is 0 Å². The number of nitrogens with one attached hydrogen (secondary N) is 2. The van der Waals surface area contributed by atoms with Gasteiger partial charge >= 0.3 is 12.1 Å². The van der Waals surface area contributed by atoms with Gasteiger partial charge in [-0.25, -0.2) is 4.79 Å². The zero-order valence-electron chi connectivity index (χ0n) is 23.4. The number of ether oxygens (including phenoxy) is 2. The number of alkyl carbamates (subject to hydrolysis) is 1. The van der Waals surface area contributed by atoms with E-state index in [1.54, 1.807) is 52.0 Å². The maximum Gasteiger partial charge on any atom is 0.408 e. The van der Waals surface area contributed by atoms with E-state index in [0.29, 0.717) is 17.9 Å². The summed E-state index contributed by atoms with van der Waals surface area (Å²) in [4.78, 5) is 53.0. The van der Waals surface area contributed by atoms with Gasteiger partial charge in [-0.3, -0.25) is 14.4 Å². The normalized spacial score (nSPS) is 13.6. The first kappa shape index (κ1) is 31.7. The zero-order valence-corrected chi connectivity index (χ0v) is 23.4. The molecular weight excluding hydrogens is 474 g/mol. The van der Waals surface area contributed by atoms with Gasteiger partial charge < -0.3 is 25.0 Å². The van der Waals surface area contributed by atoms with E-state index in [1.165, 1.54) is 12.0 Å². The Hall–Kier alpha value is -3.36. The van der Waals surface area contributed by atoms with Gasteiger partial charge in [-0.2, -0.15) is 0 Å². The number of benzene rings is 1. The highest BCUT2D eigenvalue weighted by atomic mass is 16.6. The van der Waals surface area contributed by atoms with Gasteiger partial charge in [0.1, 0.15) is 24.2 Å². The number of carbonyl (C=O) groups excluding carboxylic acids is 4. The highest BCUT2D eigenvalue weighted by molar-refractivity contribution is 5.93. The lowest BCUT2D eigenvalue weighted by atomic mass is 9.96. The Morgan fingerprint density at radius 2 is 1.73 bits per heavy atom. The molecule has 0 spiro atoms. The first-order valence-electron chi connectivity index (χ1n) is 12.6. The highest BCUT2D eigenvalue weighted by Gasteiger charge is 2.37. The highest BCUT2D eigenvalue weighted by Crippen LogP contribution is 2.28. The third-order valence-electron chi connectivity index (χ3n) is 5.62. The Morgan fingerprint density at radius 1 is 1.08 bits per heavy atom. The Morgan fingerprint density at radius 3 is 2.27 bits per heavy atom. The molecule has 0 radical (unpaired) electrons. The summed E-state index contributed by atoms with van der Waals surface area (Å²) in [5.74, 6) is -1.23. The van der Waals surface area contributed by atoms with Crippen molar-refractivity contribution >= 4 is 30.0 Å². The molecule has 2 N–H and O–H groups in total. The van der Waals surface area contributed by atoms with E-state index in [0.717, 1.165) is 12.0 Å². The number of methoxy groups -OCH3 is 1. The van der Waals surface area contributed by atoms with Gasteiger partial charge in [0.25, 0.3) is 0 Å². The molecular formula is C28H43N3O6. The molecule has 3 amide bonds. The predicted octanol–water partition coefficient (Wildman–Crippen LogP) is 4.23. The average molecular weight is 518 g/mol. The van der Waals surface area contributed by atoms with Crippen molar-refractivity contribution in [3.8, 4) is 0 Å². The van der Waals surface area contributed by atoms with Crippen molar-refractivity contribution in [2.45, 2.75) is 85.0 Å². The number of carbonyl (C=O) groups is 4. The number of esters is 1. The van der Waals surface area contributed by atoms with E-state index < -0.39 is 41.6 Å². The van der Waals surface area contributed by atoms with E-state index >= 15 is 0 Å². The molecule has 1 aromatic carbocycles. The third-order valence-corrected chi connectivity index (χ3v) is 5.62. The quantitative estimate of drug-likeness (QED) is 0.401. The topological polar surface area (TPSA) is 114 Å². The second kappa shape index (κ2) is 14.4. The summed E-state index contributed by atoms with van der Waals surface area (Å²) in [6.07, 6.45) is 2.36. The SMILES string of the molecule is C=Cc1cccc(C(C(=O)NCC(=O)OC)N(C(=O)C(C)NC(=O)OC(C)(C)C)C(C)CCC(C)C)c1. The van der Waals surface area contributed by atoms with Gasteiger partial charge in [-0.05, 0) is 70.6 Å². The Kier molecular flexibility index (Phi) is 12.3. The molecule has 0 bridgehead atoms. The number of nitrogens with zero attached hydrogens (tertiary/aromatic N) is 1. The molecule has 3 unspecified atom stereocenters. The van der Waals surface area contributed by atoms with Crippen LogP contribution in [0, 0.1) is 5.92 Å². The minimum Gasteiger partial charge on any atom is -0.468 e. The second-order valence-corrected chi connectivity index (χ2v) is 10.5. The predicted molar refractivity (Wildman–Crippen MR) is 144 cm³/mol. The number of amides is 3. The van der Waals surface area contributed by atoms with Crippen LogP contribution in [-0.4, -0.2) is 60.1 Å². The molecule has 1 rings (SSSR count). The molecule has 0 heterocycles. The zero-order chi connectivity index (χ0) is 28.3. The molecule has 0 aromatic heterocycles. The molecule has 3 atom stereocenters. The number of hydrogen-bond acceptors (Lipinski definition) is 6. The van der Waals surface area contributed by atoms with E-state index in [2.05, 4.69) is 35.8 Å². The van der Waals surface area contributed by atoms with Crippen LogP contribution in [0.4, 0.5) is 4.79 Å². The van der Waals surface area contributed by atoms with Gasteiger partial charge in [0.05, 0.1) is 7.11 Å². The summed E-state index contributed by atoms with van der Waals surface area (Å²) in [6, 6.07) is 4.72. The summed E-state index contributed by atoms with van der Waals surface area (Å²) < 4.78 is 9.97. The summed E-state index contributed by atoms with van der Waals surface area (Å²) in [5.41, 5.74) is 0.581. The summed E-state index contributed by atoms with van der Waals surface area (Å²) in [7, 11) is 1.23. The second-order valence-electron chi connectivity index (χ2n) is 10.5. The first-order valence-corrected chi connectivity index (χ1v) is 12.6. The van der Waals surface area contributed by atoms with Crippen LogP contribution in [0.5, 0.6) is 0 Å². The minimum atomic E-state index is -1.07. The van der Waals surface area contributed by atoms with Crippen molar-refractivity contribution in [2.75, 3.05) is 13.7 Å². The smallest absolute Gasteiger partial charge is 0.408 e. The standard InChI is InChI=1S/C28H43N3O6/c1-10-21-12-11-13-22(16-21)24(25(33)29-17-23(32)36-9)31(19(4)15-14-18(2)3)26(34)20(5)30-27(35)37-28(6,7)8/h10-13,16,18-20,24H,1,14-15,17H2,2-9H3,(H,29,33)(H,30,35). The first-order chi connectivity index (χ1) is 17.2. The summed E-state index contributed by atoms with van der Waals surface area (Å²) in [5, 5.41) is 5.18. The van der Waals surface area contributed by atoms with E-state index in [4.69, 9.17) is 4.74 Å². The molecule has 0 saturated carbocycles. The van der Waals surface area contributed by atoms with Crippen LogP contribution in [0.25, 0.3) is 6.08 Å². The molecule has 37 heavy (non-hydrogen) atoms. The van der Waals surface area contributed by atoms with Gasteiger partial charge in [-0.1, -0.05) is 44.7 Å². The largest absolute Gasteiger partial charge is 0.468 e. The fourth-order valence-electron chi connectivity index (χ4n) is 3.70. The maximum absolute atomic E-state index is 13.9. The van der Waals surface area contributed by atoms with Crippen molar-refractivity contribution in [3.05, 3.63) is 42.0 Å². The van der Waals surface area contributed by atoms with Crippen molar-refractivity contribution in [1.29, 1.82) is 0 Å². The Labute approximate surface area is 221 Å². The maximum atomic E-state index is 13.9. The lowest BCUT2D eigenvalue weighted by Gasteiger charge is -2.38. The summed E-state index contributed by atoms with van der Waals surface area (Å²) >= 11 is 0. The fourth-order valence-corrected chi connectivity index (χ4v) is 3.70. The minimum absolute atomic E-state index is 0.346. The number of hydrogen-bond donors (Lipinski definition) is 2. The van der Waals surface area contributed by atoms with Gasteiger partial charge in [0, 0.05) is 6.04 Å². The molecule has 0 saturated heterocycles. The third kappa shape index (κ3) is 10.7. The molecule has 0 aliphatic carbocycles. The van der Waals surface area contributed by atoms with Crippen LogP contribution in [0.1, 0.15) is 78.5 Å². The van der Waals surface area contributed by atoms with E-state index in [-0.39, 0.29) is 12.6 Å². The Bertz CT molecular complexity index is 953. The van der Waals surface area contributed by atoms with Crippen LogP contribution in [-0.2, 0) is 23.9 Å². The van der Waals surface area contributed by atoms with Crippen molar-refractivity contribution in [3.63, 3.8) is 0 Å². The number of rotatable bonds is 12. The van der Waals surface area contributed by atoms with Crippen LogP contribution in [0.3, 0.4) is 0 Å². The average Bonchev–Trinajstić information content (AvgIpc) is 2.82. The molecule has 0 aliphatic rings. The van der Waals surface area contributed by atoms with E-state index in [9.17, 15) is 19.2 Å². The molecule has 0 aliphatic heterocycles. The van der Waals surface area contributed by atoms with Crippen LogP contribution in [0.2, 0.25) is 0 Å². The molecule has 1 aromatic rings. The van der Waals surface area contributed by atoms with Gasteiger partial charge in [0.15, 0.2) is 0 Å². The van der Waals surface area contributed by atoms with Crippen LogP contribution in [0.15, 0.2) is 30.8 Å². The van der Waals surface area contributed by atoms with Crippen LogP contribution >= 0.6 is 0 Å². The lowest BCUT2D eigenvalue weighted by Crippen LogP contribution is -2.55. The van der Waals surface area contributed by atoms with Crippen molar-refractivity contribution < 1.29 is 28.7 Å². The molecule has 9 heteroatoms. The monoisotopic (exact) mass is 517 g/mol. The van der Waals surface area contributed by atoms with Crippen LogP contribution < -0.4 is 10.6 Å². The van der Waals surface area contributed by atoms with Crippen molar-refractivity contribution in [1.82, 2.24) is 15.5 Å². The molecule has 9 nitrogen and oxygen atoms in total.